The molecule has 0 aromatic heterocycles. The summed E-state index contributed by atoms with van der Waals surface area (Å²) in [6.07, 6.45) is 5.13. The Balaban J connectivity index is 2.22. The molecule has 2 aliphatic rings. The third-order valence-electron chi connectivity index (χ3n) is 4.66. The van der Waals surface area contributed by atoms with Gasteiger partial charge in [0, 0.05) is 12.0 Å². The van der Waals surface area contributed by atoms with Crippen LogP contribution in [-0.4, -0.2) is 34.0 Å². The molecule has 3 nitrogen and oxygen atoms in total. The van der Waals surface area contributed by atoms with Crippen LogP contribution in [0.4, 0.5) is 0 Å². The summed E-state index contributed by atoms with van der Waals surface area (Å²) in [5.74, 6) is 0.454. The lowest BCUT2D eigenvalue weighted by molar-refractivity contribution is -0.151. The largest absolute Gasteiger partial charge is 0.390 e. The zero-order valence-electron chi connectivity index (χ0n) is 10.7. The molecular weight excluding hydrogens is 202 g/mol. The minimum absolute atomic E-state index is 0.0775. The number of fused-ring (bicyclic) bond motifs is 2. The quantitative estimate of drug-likeness (QED) is 0.669. The number of hydrogen-bond donors (Lipinski definition) is 3. The molecule has 2 bridgehead atoms. The molecule has 3 heteroatoms. The van der Waals surface area contributed by atoms with Crippen molar-refractivity contribution in [3.05, 3.63) is 0 Å². The van der Waals surface area contributed by atoms with E-state index in [-0.39, 0.29) is 5.54 Å². The Morgan fingerprint density at radius 3 is 2.38 bits per heavy atom. The van der Waals surface area contributed by atoms with Gasteiger partial charge in [0.1, 0.15) is 0 Å². The fraction of sp³-hybridized carbons (Fsp3) is 1.00. The first kappa shape index (κ1) is 12.3. The fourth-order valence-electron chi connectivity index (χ4n) is 4.25. The predicted molar refractivity (Wildman–Crippen MR) is 64.2 cm³/mol. The van der Waals surface area contributed by atoms with E-state index in [0.29, 0.717) is 12.3 Å². The summed E-state index contributed by atoms with van der Waals surface area (Å²) in [5.41, 5.74) is -1.26. The molecule has 0 radical (unpaired) electrons. The van der Waals surface area contributed by atoms with Crippen molar-refractivity contribution in [3.63, 3.8) is 0 Å². The predicted octanol–water partition coefficient (Wildman–Crippen LogP) is 1.43. The Morgan fingerprint density at radius 1 is 1.19 bits per heavy atom. The minimum Gasteiger partial charge on any atom is -0.390 e. The van der Waals surface area contributed by atoms with Gasteiger partial charge in [-0.1, -0.05) is 6.92 Å². The van der Waals surface area contributed by atoms with Crippen LogP contribution in [0, 0.1) is 5.92 Å². The molecule has 2 saturated carbocycles. The van der Waals surface area contributed by atoms with Crippen LogP contribution in [-0.2, 0) is 0 Å². The van der Waals surface area contributed by atoms with Crippen LogP contribution in [0.1, 0.15) is 52.4 Å². The molecule has 2 fully saturated rings. The number of hydrogen-bond acceptors (Lipinski definition) is 3. The second-order valence-corrected chi connectivity index (χ2v) is 6.44. The lowest BCUT2D eigenvalue weighted by Crippen LogP contribution is -2.60. The molecule has 0 spiro atoms. The first-order valence-corrected chi connectivity index (χ1v) is 6.46. The van der Waals surface area contributed by atoms with Crippen molar-refractivity contribution >= 4 is 0 Å². The first-order valence-electron chi connectivity index (χ1n) is 6.46. The summed E-state index contributed by atoms with van der Waals surface area (Å²) in [6, 6.07) is 0. The van der Waals surface area contributed by atoms with Gasteiger partial charge in [0.2, 0.25) is 0 Å². The molecule has 4 unspecified atom stereocenters. The molecule has 4 atom stereocenters. The van der Waals surface area contributed by atoms with Gasteiger partial charge < -0.3 is 15.5 Å². The number of aliphatic hydroxyl groups is 2. The highest BCUT2D eigenvalue weighted by atomic mass is 16.3. The molecule has 2 aliphatic carbocycles. The summed E-state index contributed by atoms with van der Waals surface area (Å²) in [7, 11) is 1.99. The van der Waals surface area contributed by atoms with Crippen molar-refractivity contribution in [3.8, 4) is 0 Å². The van der Waals surface area contributed by atoms with Gasteiger partial charge in [-0.15, -0.1) is 0 Å². The van der Waals surface area contributed by atoms with Crippen LogP contribution in [0.25, 0.3) is 0 Å². The Hall–Kier alpha value is -0.120. The van der Waals surface area contributed by atoms with Crippen LogP contribution >= 0.6 is 0 Å². The number of nitrogens with one attached hydrogen (secondary N) is 1. The molecule has 0 aromatic carbocycles. The maximum absolute atomic E-state index is 10.6. The summed E-state index contributed by atoms with van der Waals surface area (Å²) in [4.78, 5) is 0. The van der Waals surface area contributed by atoms with E-state index < -0.39 is 11.2 Å². The van der Waals surface area contributed by atoms with Gasteiger partial charge in [0.15, 0.2) is 0 Å². The smallest absolute Gasteiger partial charge is 0.0695 e. The van der Waals surface area contributed by atoms with Crippen LogP contribution in [0.2, 0.25) is 0 Å². The summed E-state index contributed by atoms with van der Waals surface area (Å²) in [5, 5.41) is 24.2. The topological polar surface area (TPSA) is 52.5 Å². The minimum atomic E-state index is -0.675. The molecule has 0 aromatic rings. The monoisotopic (exact) mass is 227 g/mol. The van der Waals surface area contributed by atoms with Crippen molar-refractivity contribution in [2.75, 3.05) is 7.05 Å². The van der Waals surface area contributed by atoms with E-state index >= 15 is 0 Å². The zero-order valence-corrected chi connectivity index (χ0v) is 10.7. The van der Waals surface area contributed by atoms with Crippen molar-refractivity contribution in [2.45, 2.75) is 69.1 Å². The highest BCUT2D eigenvalue weighted by molar-refractivity contribution is 5.08. The number of rotatable bonds is 2. The third kappa shape index (κ3) is 2.13. The fourth-order valence-corrected chi connectivity index (χ4v) is 4.25. The van der Waals surface area contributed by atoms with Crippen molar-refractivity contribution in [1.29, 1.82) is 0 Å². The molecule has 3 N–H and O–H groups in total. The lowest BCUT2D eigenvalue weighted by Gasteiger charge is -2.55. The van der Waals surface area contributed by atoms with E-state index in [1.54, 1.807) is 0 Å². The Kier molecular flexibility index (Phi) is 2.84. The van der Waals surface area contributed by atoms with Gasteiger partial charge in [-0.05, 0) is 52.0 Å². The molecule has 0 saturated heterocycles. The highest BCUT2D eigenvalue weighted by Gasteiger charge is 2.53. The zero-order chi connectivity index (χ0) is 12.0. The highest BCUT2D eigenvalue weighted by Crippen LogP contribution is 2.50. The van der Waals surface area contributed by atoms with Gasteiger partial charge in [-0.2, -0.15) is 0 Å². The van der Waals surface area contributed by atoms with Gasteiger partial charge in [-0.3, -0.25) is 0 Å². The normalized spacial score (nSPS) is 52.7. The van der Waals surface area contributed by atoms with Crippen LogP contribution in [0.15, 0.2) is 0 Å². The van der Waals surface area contributed by atoms with Gasteiger partial charge >= 0.3 is 0 Å². The van der Waals surface area contributed by atoms with Gasteiger partial charge in [0.25, 0.3) is 0 Å². The molecule has 16 heavy (non-hydrogen) atoms. The molecule has 0 aliphatic heterocycles. The van der Waals surface area contributed by atoms with E-state index in [4.69, 9.17) is 0 Å². The first-order chi connectivity index (χ1) is 7.32. The van der Waals surface area contributed by atoms with E-state index in [2.05, 4.69) is 12.2 Å². The van der Waals surface area contributed by atoms with E-state index in [1.807, 2.05) is 14.0 Å². The lowest BCUT2D eigenvalue weighted by atomic mass is 9.58. The second kappa shape index (κ2) is 3.69. The standard InChI is InChI=1S/C13H25NO2/c1-4-12(14-3)6-10-5-11(2,15)8-13(16,7-10)9-12/h10,14-16H,4-9H2,1-3H3. The summed E-state index contributed by atoms with van der Waals surface area (Å²) in [6.45, 7) is 4.04. The van der Waals surface area contributed by atoms with Crippen LogP contribution in [0.5, 0.6) is 0 Å². The maximum atomic E-state index is 10.6. The Bertz CT molecular complexity index is 271. The van der Waals surface area contributed by atoms with Crippen molar-refractivity contribution in [2.24, 2.45) is 5.92 Å². The Labute approximate surface area is 98.2 Å². The van der Waals surface area contributed by atoms with Gasteiger partial charge in [0.05, 0.1) is 11.2 Å². The molecule has 94 valence electrons. The van der Waals surface area contributed by atoms with Crippen molar-refractivity contribution < 1.29 is 10.2 Å². The van der Waals surface area contributed by atoms with Crippen LogP contribution < -0.4 is 5.32 Å². The molecular formula is C13H25NO2. The Morgan fingerprint density at radius 2 is 1.88 bits per heavy atom. The van der Waals surface area contributed by atoms with Gasteiger partial charge in [-0.25, -0.2) is 0 Å². The second-order valence-electron chi connectivity index (χ2n) is 6.44. The summed E-state index contributed by atoms with van der Waals surface area (Å²) < 4.78 is 0. The molecule has 2 rings (SSSR count). The van der Waals surface area contributed by atoms with E-state index in [0.717, 1.165) is 32.1 Å². The molecule has 0 amide bonds. The van der Waals surface area contributed by atoms with Crippen LogP contribution in [0.3, 0.4) is 0 Å². The molecule has 0 heterocycles. The average Bonchev–Trinajstić information content (AvgIpc) is 2.12. The third-order valence-corrected chi connectivity index (χ3v) is 4.66. The van der Waals surface area contributed by atoms with Crippen molar-refractivity contribution in [1.82, 2.24) is 5.32 Å². The van der Waals surface area contributed by atoms with E-state index in [9.17, 15) is 10.2 Å². The summed E-state index contributed by atoms with van der Waals surface area (Å²) >= 11 is 0. The SMILES string of the molecule is CCC1(NC)CC2CC(C)(O)CC(O)(C2)C1. The average molecular weight is 227 g/mol. The maximum Gasteiger partial charge on any atom is 0.0695 e. The van der Waals surface area contributed by atoms with E-state index in [1.165, 1.54) is 0 Å².